The van der Waals surface area contributed by atoms with Crippen molar-refractivity contribution in [3.8, 4) is 5.75 Å². The van der Waals surface area contributed by atoms with E-state index >= 15 is 0 Å². The van der Waals surface area contributed by atoms with E-state index in [1.807, 2.05) is 6.92 Å². The number of nitro groups is 1. The summed E-state index contributed by atoms with van der Waals surface area (Å²) in [6, 6.07) is 10.4. The van der Waals surface area contributed by atoms with Crippen molar-refractivity contribution < 1.29 is 18.1 Å². The summed E-state index contributed by atoms with van der Waals surface area (Å²) < 4.78 is 32.1. The van der Waals surface area contributed by atoms with E-state index in [1.54, 1.807) is 12.1 Å². The van der Waals surface area contributed by atoms with E-state index in [0.717, 1.165) is 9.87 Å². The van der Waals surface area contributed by atoms with E-state index in [0.29, 0.717) is 5.33 Å². The molecule has 0 aliphatic heterocycles. The number of methoxy groups -OCH3 is 1. The Bertz CT molecular complexity index is 869. The maximum Gasteiger partial charge on any atom is 0.297 e. The fourth-order valence-corrected chi connectivity index (χ4v) is 4.34. The first kappa shape index (κ1) is 19.2. The first-order valence-electron chi connectivity index (χ1n) is 7.29. The van der Waals surface area contributed by atoms with Gasteiger partial charge in [-0.15, -0.1) is 0 Å². The molecule has 0 fully saturated rings. The van der Waals surface area contributed by atoms with Gasteiger partial charge in [0, 0.05) is 11.9 Å². The van der Waals surface area contributed by atoms with Gasteiger partial charge in [-0.3, -0.25) is 14.4 Å². The smallest absolute Gasteiger partial charge is 0.297 e. The predicted octanol–water partition coefficient (Wildman–Crippen LogP) is 3.50. The van der Waals surface area contributed by atoms with Gasteiger partial charge in [-0.05, 0) is 31.2 Å². The summed E-state index contributed by atoms with van der Waals surface area (Å²) in [5.74, 6) is 0.280. The quantitative estimate of drug-likeness (QED) is 0.382. The topological polar surface area (TPSA) is 89.8 Å². The molecule has 0 atom stereocenters. The second-order valence-corrected chi connectivity index (χ2v) is 7.85. The van der Waals surface area contributed by atoms with Gasteiger partial charge in [0.2, 0.25) is 0 Å². The third-order valence-electron chi connectivity index (χ3n) is 3.54. The summed E-state index contributed by atoms with van der Waals surface area (Å²) in [6.45, 7) is 1.89. The Morgan fingerprint density at radius 1 is 1.20 bits per heavy atom. The van der Waals surface area contributed by atoms with Crippen molar-refractivity contribution in [2.45, 2.75) is 11.8 Å². The molecule has 0 heterocycles. The molecule has 0 bridgehead atoms. The zero-order valence-corrected chi connectivity index (χ0v) is 16.1. The van der Waals surface area contributed by atoms with Crippen LogP contribution in [0.2, 0.25) is 0 Å². The molecule has 2 rings (SSSR count). The molecule has 2 aromatic rings. The molecule has 134 valence electrons. The molecule has 0 N–H and O–H groups in total. The van der Waals surface area contributed by atoms with E-state index in [-0.39, 0.29) is 28.6 Å². The van der Waals surface area contributed by atoms with Crippen LogP contribution in [0.3, 0.4) is 0 Å². The number of nitro benzene ring substituents is 1. The Balaban J connectivity index is 2.62. The molecule has 0 aliphatic carbocycles. The molecular formula is C16H17BrN2O5S. The molecular weight excluding hydrogens is 412 g/mol. The summed E-state index contributed by atoms with van der Waals surface area (Å²) in [4.78, 5) is 10.9. The maximum absolute atomic E-state index is 13.0. The predicted molar refractivity (Wildman–Crippen MR) is 99.2 cm³/mol. The Kier molecular flexibility index (Phi) is 6.02. The fourth-order valence-electron chi connectivity index (χ4n) is 2.27. The van der Waals surface area contributed by atoms with Crippen LogP contribution >= 0.6 is 15.9 Å². The van der Waals surface area contributed by atoms with Crippen molar-refractivity contribution in [3.05, 3.63) is 58.1 Å². The van der Waals surface area contributed by atoms with Crippen molar-refractivity contribution in [1.29, 1.82) is 0 Å². The molecule has 0 saturated heterocycles. The highest BCUT2D eigenvalue weighted by Gasteiger charge is 2.30. The van der Waals surface area contributed by atoms with Gasteiger partial charge >= 0.3 is 0 Å². The van der Waals surface area contributed by atoms with Crippen LogP contribution in [0.4, 0.5) is 11.4 Å². The van der Waals surface area contributed by atoms with Crippen LogP contribution in [0.25, 0.3) is 0 Å². The number of alkyl halides is 1. The third kappa shape index (κ3) is 4.10. The van der Waals surface area contributed by atoms with Gasteiger partial charge in [0.25, 0.3) is 15.7 Å². The second kappa shape index (κ2) is 7.83. The first-order valence-corrected chi connectivity index (χ1v) is 9.85. The number of hydrogen-bond donors (Lipinski definition) is 0. The summed E-state index contributed by atoms with van der Waals surface area (Å²) in [7, 11) is -2.56. The van der Waals surface area contributed by atoms with E-state index < -0.39 is 14.9 Å². The van der Waals surface area contributed by atoms with E-state index in [1.165, 1.54) is 37.4 Å². The molecule has 0 saturated carbocycles. The standard InChI is InChI=1S/C16H17BrN2O5S/c1-12-3-6-14(7-4-12)25(22,23)18(10-9-17)15-8-5-13(24-2)11-16(15)19(20)21/h3-8,11H,9-10H2,1-2H3. The van der Waals surface area contributed by atoms with Crippen LogP contribution in [-0.4, -0.2) is 32.3 Å². The van der Waals surface area contributed by atoms with Crippen LogP contribution in [0, 0.1) is 17.0 Å². The maximum atomic E-state index is 13.0. The van der Waals surface area contributed by atoms with Gasteiger partial charge < -0.3 is 4.74 Å². The molecule has 0 radical (unpaired) electrons. The zero-order chi connectivity index (χ0) is 18.6. The molecule has 0 amide bonds. The zero-order valence-electron chi connectivity index (χ0n) is 13.7. The number of aryl methyl sites for hydroxylation is 1. The van der Waals surface area contributed by atoms with Crippen LogP contribution in [0.5, 0.6) is 5.75 Å². The molecule has 7 nitrogen and oxygen atoms in total. The molecule has 0 spiro atoms. The number of anilines is 1. The number of nitrogens with zero attached hydrogens (tertiary/aromatic N) is 2. The van der Waals surface area contributed by atoms with Gasteiger partial charge in [0.05, 0.1) is 23.0 Å². The Labute approximate surface area is 154 Å². The lowest BCUT2D eigenvalue weighted by Crippen LogP contribution is -2.33. The number of halogens is 1. The van der Waals surface area contributed by atoms with Gasteiger partial charge in [-0.2, -0.15) is 0 Å². The number of ether oxygens (including phenoxy) is 1. The summed E-state index contributed by atoms with van der Waals surface area (Å²) >= 11 is 3.21. The molecule has 0 aromatic heterocycles. The Hall–Kier alpha value is -2.13. The minimum atomic E-state index is -3.95. The van der Waals surface area contributed by atoms with Crippen molar-refractivity contribution in [3.63, 3.8) is 0 Å². The summed E-state index contributed by atoms with van der Waals surface area (Å²) in [5, 5.41) is 11.7. The monoisotopic (exact) mass is 428 g/mol. The van der Waals surface area contributed by atoms with Crippen LogP contribution in [0.1, 0.15) is 5.56 Å². The molecule has 25 heavy (non-hydrogen) atoms. The SMILES string of the molecule is COc1ccc(N(CCBr)S(=O)(=O)c2ccc(C)cc2)c([N+](=O)[O-])c1. The van der Waals surface area contributed by atoms with E-state index in [2.05, 4.69) is 15.9 Å². The molecule has 2 aromatic carbocycles. The number of rotatable bonds is 7. The fraction of sp³-hybridized carbons (Fsp3) is 0.250. The molecule has 0 aliphatic rings. The van der Waals surface area contributed by atoms with E-state index in [4.69, 9.17) is 4.74 Å². The normalized spacial score (nSPS) is 11.2. The van der Waals surface area contributed by atoms with Gasteiger partial charge in [-0.1, -0.05) is 33.6 Å². The van der Waals surface area contributed by atoms with Crippen molar-refractivity contribution in [2.75, 3.05) is 23.3 Å². The van der Waals surface area contributed by atoms with Gasteiger partial charge in [0.1, 0.15) is 11.4 Å². The van der Waals surface area contributed by atoms with Crippen molar-refractivity contribution in [1.82, 2.24) is 0 Å². The lowest BCUT2D eigenvalue weighted by Gasteiger charge is -2.23. The Morgan fingerprint density at radius 2 is 1.84 bits per heavy atom. The van der Waals surface area contributed by atoms with Gasteiger partial charge in [0.15, 0.2) is 0 Å². The number of benzene rings is 2. The van der Waals surface area contributed by atoms with Crippen LogP contribution in [0.15, 0.2) is 47.4 Å². The lowest BCUT2D eigenvalue weighted by atomic mass is 10.2. The average molecular weight is 429 g/mol. The number of hydrogen-bond acceptors (Lipinski definition) is 5. The minimum Gasteiger partial charge on any atom is -0.496 e. The number of sulfonamides is 1. The largest absolute Gasteiger partial charge is 0.496 e. The van der Waals surface area contributed by atoms with Crippen LogP contribution in [-0.2, 0) is 10.0 Å². The van der Waals surface area contributed by atoms with Gasteiger partial charge in [-0.25, -0.2) is 8.42 Å². The average Bonchev–Trinajstić information content (AvgIpc) is 2.59. The summed E-state index contributed by atoms with van der Waals surface area (Å²) in [5.41, 5.74) is 0.572. The third-order valence-corrected chi connectivity index (χ3v) is 5.73. The first-order chi connectivity index (χ1) is 11.8. The highest BCUT2D eigenvalue weighted by atomic mass is 79.9. The highest BCUT2D eigenvalue weighted by Crippen LogP contribution is 2.35. The second-order valence-electron chi connectivity index (χ2n) is 5.19. The molecule has 0 unspecified atom stereocenters. The molecule has 9 heteroatoms. The van der Waals surface area contributed by atoms with Crippen molar-refractivity contribution >= 4 is 37.3 Å². The highest BCUT2D eigenvalue weighted by molar-refractivity contribution is 9.09. The van der Waals surface area contributed by atoms with E-state index in [9.17, 15) is 18.5 Å². The van der Waals surface area contributed by atoms with Crippen molar-refractivity contribution in [2.24, 2.45) is 0 Å². The Morgan fingerprint density at radius 3 is 2.36 bits per heavy atom. The summed E-state index contributed by atoms with van der Waals surface area (Å²) in [6.07, 6.45) is 0. The lowest BCUT2D eigenvalue weighted by molar-refractivity contribution is -0.384. The van der Waals surface area contributed by atoms with Crippen LogP contribution < -0.4 is 9.04 Å². The minimum absolute atomic E-state index is 0.00850.